The van der Waals surface area contributed by atoms with Crippen LogP contribution in [0, 0.1) is 5.82 Å². The molecular weight excluding hydrogens is 417 g/mol. The first-order valence-corrected chi connectivity index (χ1v) is 11.2. The van der Waals surface area contributed by atoms with Gasteiger partial charge in [-0.05, 0) is 64.5 Å². The topological polar surface area (TPSA) is 51.5 Å². The fraction of sp³-hybridized carbons (Fsp3) is 0.321. The molecule has 0 bridgehead atoms. The molecule has 1 heterocycles. The number of allylic oxidation sites excluding steroid dienone is 2. The van der Waals surface area contributed by atoms with Crippen molar-refractivity contribution in [2.75, 3.05) is 0 Å². The maximum Gasteiger partial charge on any atom is 0.309 e. The number of esters is 1. The molecule has 0 saturated carbocycles. The molecule has 4 nitrogen and oxygen atoms in total. The lowest BCUT2D eigenvalue weighted by Crippen LogP contribution is -2.26. The van der Waals surface area contributed by atoms with Crippen molar-refractivity contribution < 1.29 is 19.0 Å². The monoisotopic (exact) mass is 449 g/mol. The van der Waals surface area contributed by atoms with Crippen molar-refractivity contribution in [1.82, 2.24) is 4.57 Å². The van der Waals surface area contributed by atoms with Crippen LogP contribution in [0.25, 0.3) is 28.1 Å². The van der Waals surface area contributed by atoms with Crippen LogP contribution in [0.15, 0.2) is 66.8 Å². The van der Waals surface area contributed by atoms with Gasteiger partial charge in [0, 0.05) is 28.2 Å². The molecule has 1 atom stereocenters. The number of rotatable bonds is 7. The molecule has 0 amide bonds. The number of para-hydroxylation sites is 1. The van der Waals surface area contributed by atoms with Gasteiger partial charge in [0.2, 0.25) is 0 Å². The van der Waals surface area contributed by atoms with Gasteiger partial charge in [-0.15, -0.1) is 0 Å². The van der Waals surface area contributed by atoms with Gasteiger partial charge in [-0.1, -0.05) is 48.6 Å². The number of ether oxygens (including phenoxy) is 1. The summed E-state index contributed by atoms with van der Waals surface area (Å²) in [7, 11) is 0. The number of benzene rings is 2. The van der Waals surface area contributed by atoms with Gasteiger partial charge >= 0.3 is 5.97 Å². The van der Waals surface area contributed by atoms with E-state index in [0.717, 1.165) is 27.7 Å². The third kappa shape index (κ3) is 6.20. The zero-order valence-corrected chi connectivity index (χ0v) is 19.9. The first kappa shape index (κ1) is 24.5. The van der Waals surface area contributed by atoms with Crippen LogP contribution in [0.4, 0.5) is 4.39 Å². The molecule has 1 N–H and O–H groups in total. The van der Waals surface area contributed by atoms with Crippen LogP contribution in [0.5, 0.6) is 0 Å². The van der Waals surface area contributed by atoms with E-state index in [1.165, 1.54) is 12.1 Å². The normalized spacial score (nSPS) is 13.5. The van der Waals surface area contributed by atoms with Crippen molar-refractivity contribution in [3.63, 3.8) is 0 Å². The van der Waals surface area contributed by atoms with Crippen molar-refractivity contribution in [2.45, 2.75) is 58.8 Å². The summed E-state index contributed by atoms with van der Waals surface area (Å²) >= 11 is 0. The molecule has 0 aliphatic carbocycles. The van der Waals surface area contributed by atoms with E-state index in [2.05, 4.69) is 30.5 Å². The van der Waals surface area contributed by atoms with Crippen LogP contribution in [0.3, 0.4) is 0 Å². The number of halogens is 1. The Labute approximate surface area is 195 Å². The minimum atomic E-state index is -0.933. The van der Waals surface area contributed by atoms with E-state index < -0.39 is 17.7 Å². The molecule has 0 radical (unpaired) electrons. The highest BCUT2D eigenvalue weighted by Crippen LogP contribution is 2.37. The standard InChI is InChI=1S/C28H32FNO3/c1-19(2)30-24-12-9-7-11-23(24)27(20-14-16-21(29)17-15-20)25(30)13-8-6-10-22(31)18-26(32)33-28(3,4)5/h6-17,19,22,31H,18H2,1-5H3/b10-6+,13-8+. The lowest BCUT2D eigenvalue weighted by atomic mass is 10.0. The lowest BCUT2D eigenvalue weighted by molar-refractivity contribution is -0.156. The molecule has 5 heteroatoms. The Morgan fingerprint density at radius 3 is 2.39 bits per heavy atom. The molecule has 174 valence electrons. The zero-order valence-electron chi connectivity index (χ0n) is 19.9. The minimum Gasteiger partial charge on any atom is -0.460 e. The second-order valence-electron chi connectivity index (χ2n) is 9.35. The molecule has 1 aromatic heterocycles. The highest BCUT2D eigenvalue weighted by atomic mass is 19.1. The first-order valence-electron chi connectivity index (χ1n) is 11.2. The smallest absolute Gasteiger partial charge is 0.309 e. The summed E-state index contributed by atoms with van der Waals surface area (Å²) in [6.07, 6.45) is 6.09. The minimum absolute atomic E-state index is 0.102. The fourth-order valence-electron chi connectivity index (χ4n) is 3.88. The van der Waals surface area contributed by atoms with E-state index in [9.17, 15) is 14.3 Å². The predicted molar refractivity (Wildman–Crippen MR) is 132 cm³/mol. The van der Waals surface area contributed by atoms with Crippen LogP contribution < -0.4 is 0 Å². The Kier molecular flexibility index (Phi) is 7.54. The molecular formula is C28H32FNO3. The number of fused-ring (bicyclic) bond motifs is 1. The molecule has 1 unspecified atom stereocenters. The van der Waals surface area contributed by atoms with Gasteiger partial charge in [0.15, 0.2) is 0 Å². The van der Waals surface area contributed by atoms with Crippen LogP contribution in [-0.4, -0.2) is 27.3 Å². The van der Waals surface area contributed by atoms with Crippen molar-refractivity contribution in [2.24, 2.45) is 0 Å². The van der Waals surface area contributed by atoms with Crippen LogP contribution >= 0.6 is 0 Å². The third-order valence-electron chi connectivity index (χ3n) is 5.09. The van der Waals surface area contributed by atoms with Crippen LogP contribution in [0.2, 0.25) is 0 Å². The van der Waals surface area contributed by atoms with E-state index in [4.69, 9.17) is 4.74 Å². The molecule has 3 aromatic rings. The maximum atomic E-state index is 13.6. The van der Waals surface area contributed by atoms with Crippen molar-refractivity contribution in [3.8, 4) is 11.1 Å². The van der Waals surface area contributed by atoms with E-state index in [1.54, 1.807) is 45.1 Å². The summed E-state index contributed by atoms with van der Waals surface area (Å²) in [6.45, 7) is 9.63. The quantitative estimate of drug-likeness (QED) is 0.323. The van der Waals surface area contributed by atoms with E-state index >= 15 is 0 Å². The highest BCUT2D eigenvalue weighted by Gasteiger charge is 2.19. The molecule has 0 aliphatic rings. The number of nitrogens with zero attached hydrogens (tertiary/aromatic N) is 1. The first-order chi connectivity index (χ1) is 15.6. The molecule has 0 spiro atoms. The van der Waals surface area contributed by atoms with E-state index in [-0.39, 0.29) is 18.3 Å². The summed E-state index contributed by atoms with van der Waals surface area (Å²) in [5.41, 5.74) is 3.46. The summed E-state index contributed by atoms with van der Waals surface area (Å²) in [5.74, 6) is -0.715. The van der Waals surface area contributed by atoms with E-state index in [1.807, 2.05) is 24.3 Å². The van der Waals surface area contributed by atoms with Crippen LogP contribution in [0.1, 0.15) is 52.8 Å². The number of aliphatic hydroxyl groups excluding tert-OH is 1. The van der Waals surface area contributed by atoms with Gasteiger partial charge in [-0.25, -0.2) is 4.39 Å². The average Bonchev–Trinajstić information content (AvgIpc) is 3.04. The summed E-state index contributed by atoms with van der Waals surface area (Å²) in [6, 6.07) is 14.9. The van der Waals surface area contributed by atoms with Gasteiger partial charge in [0.1, 0.15) is 11.4 Å². The molecule has 3 rings (SSSR count). The number of hydrogen-bond donors (Lipinski definition) is 1. The second-order valence-corrected chi connectivity index (χ2v) is 9.35. The second kappa shape index (κ2) is 10.2. The van der Waals surface area contributed by atoms with Gasteiger partial charge in [0.05, 0.1) is 12.5 Å². The van der Waals surface area contributed by atoms with Gasteiger partial charge in [-0.3, -0.25) is 4.79 Å². The number of aromatic nitrogens is 1. The molecule has 0 fully saturated rings. The fourth-order valence-corrected chi connectivity index (χ4v) is 3.88. The summed E-state index contributed by atoms with van der Waals surface area (Å²) in [4.78, 5) is 11.9. The zero-order chi connectivity index (χ0) is 24.2. The SMILES string of the molecule is CC(C)n1c(/C=C/C=C/C(O)CC(=O)OC(C)(C)C)c(-c2ccc(F)cc2)c2ccccc21. The maximum absolute atomic E-state index is 13.6. The molecule has 33 heavy (non-hydrogen) atoms. The third-order valence-corrected chi connectivity index (χ3v) is 5.09. The highest BCUT2D eigenvalue weighted by molar-refractivity contribution is 6.01. The molecule has 0 aliphatic heterocycles. The number of carbonyl (C=O) groups is 1. The number of hydrogen-bond acceptors (Lipinski definition) is 3. The van der Waals surface area contributed by atoms with E-state index in [0.29, 0.717) is 0 Å². The molecule has 2 aromatic carbocycles. The van der Waals surface area contributed by atoms with Gasteiger partial charge in [-0.2, -0.15) is 0 Å². The summed E-state index contributed by atoms with van der Waals surface area (Å²) < 4.78 is 21.1. The Balaban J connectivity index is 1.93. The van der Waals surface area contributed by atoms with Gasteiger partial charge in [0.25, 0.3) is 0 Å². The predicted octanol–water partition coefficient (Wildman–Crippen LogP) is 6.69. The van der Waals surface area contributed by atoms with Gasteiger partial charge < -0.3 is 14.4 Å². The number of carbonyl (C=O) groups excluding carboxylic acids is 1. The van der Waals surface area contributed by atoms with Crippen molar-refractivity contribution >= 4 is 22.9 Å². The Morgan fingerprint density at radius 2 is 1.76 bits per heavy atom. The lowest BCUT2D eigenvalue weighted by Gasteiger charge is -2.19. The average molecular weight is 450 g/mol. The van der Waals surface area contributed by atoms with Crippen LogP contribution in [-0.2, 0) is 9.53 Å². The Hall–Kier alpha value is -3.18. The molecule has 0 saturated heterocycles. The Bertz CT molecular complexity index is 1160. The summed E-state index contributed by atoms with van der Waals surface area (Å²) in [5, 5.41) is 11.3. The van der Waals surface area contributed by atoms with Crippen molar-refractivity contribution in [3.05, 3.63) is 78.3 Å². The number of aliphatic hydroxyl groups is 1. The Morgan fingerprint density at radius 1 is 1.09 bits per heavy atom. The largest absolute Gasteiger partial charge is 0.460 e. The van der Waals surface area contributed by atoms with Crippen molar-refractivity contribution in [1.29, 1.82) is 0 Å².